The van der Waals surface area contributed by atoms with Gasteiger partial charge in [-0.2, -0.15) is 0 Å². The number of nitrogens with one attached hydrogen (secondary N) is 1. The van der Waals surface area contributed by atoms with Crippen LogP contribution in [0.15, 0.2) is 12.1 Å². The number of ether oxygens (including phenoxy) is 1. The molecule has 1 rings (SSSR count). The van der Waals surface area contributed by atoms with Crippen LogP contribution in [-0.4, -0.2) is 18.6 Å². The minimum atomic E-state index is -0.830. The van der Waals surface area contributed by atoms with Crippen molar-refractivity contribution in [1.82, 2.24) is 5.32 Å². The van der Waals surface area contributed by atoms with E-state index in [1.807, 2.05) is 6.92 Å². The number of benzene rings is 1. The van der Waals surface area contributed by atoms with Crippen LogP contribution in [0.25, 0.3) is 0 Å². The normalized spacial score (nSPS) is 13.2. The van der Waals surface area contributed by atoms with Crippen LogP contribution in [0.5, 0.6) is 0 Å². The molecule has 1 unspecified atom stereocenters. The zero-order chi connectivity index (χ0) is 14.8. The number of methoxy groups -OCH3 is 1. The van der Waals surface area contributed by atoms with Gasteiger partial charge in [0.05, 0.1) is 22.2 Å². The molecule has 1 atom stereocenters. The van der Waals surface area contributed by atoms with Crippen LogP contribution in [0.4, 0.5) is 0 Å². The van der Waals surface area contributed by atoms with Crippen molar-refractivity contribution in [2.24, 2.45) is 0 Å². The van der Waals surface area contributed by atoms with Crippen molar-refractivity contribution in [1.29, 1.82) is 0 Å². The van der Waals surface area contributed by atoms with E-state index in [-0.39, 0.29) is 12.0 Å². The van der Waals surface area contributed by atoms with Crippen molar-refractivity contribution in [2.45, 2.75) is 32.4 Å². The van der Waals surface area contributed by atoms with Crippen molar-refractivity contribution in [3.63, 3.8) is 0 Å². The summed E-state index contributed by atoms with van der Waals surface area (Å²) >= 11 is 18.1. The smallest absolute Gasteiger partial charge is 0.325 e. The molecule has 0 saturated carbocycles. The summed E-state index contributed by atoms with van der Waals surface area (Å²) < 4.78 is 4.74. The number of hydrogen-bond donors (Lipinski definition) is 1. The minimum absolute atomic E-state index is 0.184. The molecule has 6 heteroatoms. The van der Waals surface area contributed by atoms with Crippen molar-refractivity contribution in [3.8, 4) is 0 Å². The van der Waals surface area contributed by atoms with Gasteiger partial charge in [-0.1, -0.05) is 40.9 Å². The third-order valence-corrected chi connectivity index (χ3v) is 4.11. The van der Waals surface area contributed by atoms with E-state index >= 15 is 0 Å². The van der Waals surface area contributed by atoms with Crippen LogP contribution in [0, 0.1) is 0 Å². The van der Waals surface area contributed by atoms with E-state index in [9.17, 15) is 4.79 Å². The molecule has 0 amide bonds. The molecule has 0 aliphatic rings. The van der Waals surface area contributed by atoms with Gasteiger partial charge in [0.1, 0.15) is 5.54 Å². The highest BCUT2D eigenvalue weighted by atomic mass is 35.5. The third-order valence-electron chi connectivity index (χ3n) is 2.80. The standard InChI is InChI=1S/C13H16Cl3NO2/c1-7(17-13(2,3)12(18)19-4)8-5-6-9(14)11(16)10(8)15/h5-7,17H,1-4H3. The molecule has 0 radical (unpaired) electrons. The van der Waals surface area contributed by atoms with Crippen molar-refractivity contribution in [2.75, 3.05) is 7.11 Å². The van der Waals surface area contributed by atoms with E-state index in [1.165, 1.54) is 7.11 Å². The maximum atomic E-state index is 11.6. The molecule has 0 aliphatic carbocycles. The average Bonchev–Trinajstić information content (AvgIpc) is 2.34. The summed E-state index contributed by atoms with van der Waals surface area (Å²) in [6, 6.07) is 3.27. The van der Waals surface area contributed by atoms with E-state index in [1.54, 1.807) is 26.0 Å². The fourth-order valence-corrected chi connectivity index (χ4v) is 2.51. The Kier molecular flexibility index (Phi) is 5.51. The van der Waals surface area contributed by atoms with Gasteiger partial charge in [0.15, 0.2) is 0 Å². The van der Waals surface area contributed by atoms with E-state index in [2.05, 4.69) is 5.32 Å². The summed E-state index contributed by atoms with van der Waals surface area (Å²) in [6.45, 7) is 5.36. The van der Waals surface area contributed by atoms with Crippen LogP contribution < -0.4 is 5.32 Å². The summed E-state index contributed by atoms with van der Waals surface area (Å²) in [6.07, 6.45) is 0. The molecule has 0 fully saturated rings. The lowest BCUT2D eigenvalue weighted by molar-refractivity contribution is -0.147. The maximum absolute atomic E-state index is 11.6. The Morgan fingerprint density at radius 1 is 1.26 bits per heavy atom. The predicted octanol–water partition coefficient (Wildman–Crippen LogP) is 4.25. The van der Waals surface area contributed by atoms with Gasteiger partial charge in [-0.15, -0.1) is 0 Å². The van der Waals surface area contributed by atoms with Crippen molar-refractivity contribution < 1.29 is 9.53 Å². The second-order valence-corrected chi connectivity index (χ2v) is 5.91. The lowest BCUT2D eigenvalue weighted by atomic mass is 10.0. The van der Waals surface area contributed by atoms with Crippen molar-refractivity contribution >= 4 is 40.8 Å². The second-order valence-electron chi connectivity index (χ2n) is 4.75. The zero-order valence-corrected chi connectivity index (χ0v) is 13.5. The van der Waals surface area contributed by atoms with E-state index < -0.39 is 5.54 Å². The van der Waals surface area contributed by atoms with Crippen LogP contribution in [0.3, 0.4) is 0 Å². The van der Waals surface area contributed by atoms with Crippen molar-refractivity contribution in [3.05, 3.63) is 32.8 Å². The summed E-state index contributed by atoms with van der Waals surface area (Å²) in [5.41, 5.74) is -0.0584. The van der Waals surface area contributed by atoms with Crippen LogP contribution in [0.2, 0.25) is 15.1 Å². The summed E-state index contributed by atoms with van der Waals surface area (Å²) in [5, 5.41) is 4.24. The van der Waals surface area contributed by atoms with Gasteiger partial charge >= 0.3 is 5.97 Å². The highest BCUT2D eigenvalue weighted by molar-refractivity contribution is 6.48. The molecular formula is C13H16Cl3NO2. The molecule has 0 heterocycles. The van der Waals surface area contributed by atoms with E-state index in [0.717, 1.165) is 5.56 Å². The van der Waals surface area contributed by atoms with Gasteiger partial charge in [-0.25, -0.2) is 0 Å². The first-order valence-electron chi connectivity index (χ1n) is 5.70. The Hall–Kier alpha value is -0.480. The molecule has 19 heavy (non-hydrogen) atoms. The fraction of sp³-hybridized carbons (Fsp3) is 0.462. The molecule has 1 N–H and O–H groups in total. The largest absolute Gasteiger partial charge is 0.468 e. The minimum Gasteiger partial charge on any atom is -0.468 e. The Morgan fingerprint density at radius 3 is 2.37 bits per heavy atom. The number of halogens is 3. The maximum Gasteiger partial charge on any atom is 0.325 e. The quantitative estimate of drug-likeness (QED) is 0.664. The molecule has 0 spiro atoms. The van der Waals surface area contributed by atoms with Crippen LogP contribution >= 0.6 is 34.8 Å². The fourth-order valence-electron chi connectivity index (χ4n) is 1.81. The van der Waals surface area contributed by atoms with Crippen LogP contribution in [0.1, 0.15) is 32.4 Å². The van der Waals surface area contributed by atoms with Gasteiger partial charge in [0.2, 0.25) is 0 Å². The molecule has 0 aromatic heterocycles. The molecule has 106 valence electrons. The Labute approximate surface area is 128 Å². The lowest BCUT2D eigenvalue weighted by Gasteiger charge is -2.28. The summed E-state index contributed by atoms with van der Waals surface area (Å²) in [7, 11) is 1.35. The molecule has 1 aromatic carbocycles. The van der Waals surface area contributed by atoms with Gasteiger partial charge in [0.25, 0.3) is 0 Å². The molecule has 0 aliphatic heterocycles. The lowest BCUT2D eigenvalue weighted by Crippen LogP contribution is -2.48. The van der Waals surface area contributed by atoms with Crippen LogP contribution in [-0.2, 0) is 9.53 Å². The van der Waals surface area contributed by atoms with E-state index in [4.69, 9.17) is 39.5 Å². The summed E-state index contributed by atoms with van der Waals surface area (Å²) in [4.78, 5) is 11.6. The van der Waals surface area contributed by atoms with E-state index in [0.29, 0.717) is 15.1 Å². The topological polar surface area (TPSA) is 38.3 Å². The highest BCUT2D eigenvalue weighted by Crippen LogP contribution is 2.35. The molecule has 0 bridgehead atoms. The zero-order valence-electron chi connectivity index (χ0n) is 11.2. The van der Waals surface area contributed by atoms with Gasteiger partial charge in [-0.3, -0.25) is 10.1 Å². The third kappa shape index (κ3) is 3.76. The first-order chi connectivity index (χ1) is 8.70. The Balaban J connectivity index is 2.99. The first kappa shape index (κ1) is 16.6. The molecule has 0 saturated heterocycles. The van der Waals surface area contributed by atoms with Gasteiger partial charge in [-0.05, 0) is 32.4 Å². The molecular weight excluding hydrogens is 309 g/mol. The number of carbonyl (C=O) groups is 1. The van der Waals surface area contributed by atoms with Gasteiger partial charge < -0.3 is 4.74 Å². The summed E-state index contributed by atoms with van der Waals surface area (Å²) in [5.74, 6) is -0.351. The Morgan fingerprint density at radius 2 is 1.84 bits per heavy atom. The molecule has 1 aromatic rings. The van der Waals surface area contributed by atoms with Gasteiger partial charge in [0, 0.05) is 6.04 Å². The number of carbonyl (C=O) groups excluding carboxylic acids is 1. The molecule has 3 nitrogen and oxygen atoms in total. The Bertz CT molecular complexity index is 489. The number of rotatable bonds is 4. The highest BCUT2D eigenvalue weighted by Gasteiger charge is 2.31. The number of esters is 1. The SMILES string of the molecule is COC(=O)C(C)(C)NC(C)c1ccc(Cl)c(Cl)c1Cl. The number of hydrogen-bond acceptors (Lipinski definition) is 3. The predicted molar refractivity (Wildman–Crippen MR) is 79.1 cm³/mol. The first-order valence-corrected chi connectivity index (χ1v) is 6.83. The second kappa shape index (κ2) is 6.31. The average molecular weight is 325 g/mol. The monoisotopic (exact) mass is 323 g/mol.